The lowest BCUT2D eigenvalue weighted by molar-refractivity contribution is 0.402. The summed E-state index contributed by atoms with van der Waals surface area (Å²) in [7, 11) is 0. The van der Waals surface area contributed by atoms with Crippen LogP contribution in [0.25, 0.3) is 0 Å². The average molecular weight is 355 g/mol. The minimum absolute atomic E-state index is 0.0761. The number of piperidine rings is 1. The van der Waals surface area contributed by atoms with Crippen LogP contribution in [0.3, 0.4) is 0 Å². The molecule has 1 fully saturated rings. The van der Waals surface area contributed by atoms with Crippen LogP contribution in [0.1, 0.15) is 39.2 Å². The molecule has 6 nitrogen and oxygen atoms in total. The van der Waals surface area contributed by atoms with Crippen LogP contribution in [-0.4, -0.2) is 28.6 Å². The Kier molecular flexibility index (Phi) is 5.61. The third-order valence-corrected chi connectivity index (χ3v) is 4.70. The molecule has 140 valence electrons. The lowest BCUT2D eigenvalue weighted by Crippen LogP contribution is -2.41. The van der Waals surface area contributed by atoms with Gasteiger partial charge in [-0.15, -0.1) is 0 Å². The second-order valence-electron chi connectivity index (χ2n) is 8.08. The number of rotatable bonds is 5. The zero-order valence-corrected chi connectivity index (χ0v) is 16.0. The molecule has 0 radical (unpaired) electrons. The quantitative estimate of drug-likeness (QED) is 0.716. The summed E-state index contributed by atoms with van der Waals surface area (Å²) in [4.78, 5) is 11.0. The molecule has 1 saturated heterocycles. The molecule has 0 atom stereocenters. The normalized spacial score (nSPS) is 15.9. The van der Waals surface area contributed by atoms with Crippen molar-refractivity contribution in [1.29, 1.82) is 0 Å². The number of nitrogens with zero attached hydrogens (tertiary/aromatic N) is 3. The second kappa shape index (κ2) is 7.91. The summed E-state index contributed by atoms with van der Waals surface area (Å²) in [6, 6.07) is 10.7. The summed E-state index contributed by atoms with van der Waals surface area (Å²) in [5.74, 6) is 2.18. The third-order valence-electron chi connectivity index (χ3n) is 4.70. The van der Waals surface area contributed by atoms with Gasteiger partial charge in [0.05, 0.1) is 0 Å². The highest BCUT2D eigenvalue weighted by molar-refractivity contribution is 5.74. The monoisotopic (exact) mass is 354 g/mol. The maximum atomic E-state index is 6.33. The first kappa shape index (κ1) is 18.5. The van der Waals surface area contributed by atoms with Crippen LogP contribution in [0.15, 0.2) is 36.7 Å². The Morgan fingerprint density at radius 3 is 2.46 bits per heavy atom. The topological polar surface area (TPSA) is 79.1 Å². The fourth-order valence-electron chi connectivity index (χ4n) is 3.28. The summed E-state index contributed by atoms with van der Waals surface area (Å²) >= 11 is 0. The molecule has 1 aromatic heterocycles. The van der Waals surface area contributed by atoms with E-state index in [0.29, 0.717) is 11.5 Å². The van der Waals surface area contributed by atoms with Crippen molar-refractivity contribution in [3.63, 3.8) is 0 Å². The predicted molar refractivity (Wildman–Crippen MR) is 108 cm³/mol. The lowest BCUT2D eigenvalue weighted by atomic mass is 9.90. The maximum Gasteiger partial charge on any atom is 0.169 e. The van der Waals surface area contributed by atoms with E-state index in [1.54, 1.807) is 6.33 Å². The van der Waals surface area contributed by atoms with E-state index in [4.69, 9.17) is 5.73 Å². The van der Waals surface area contributed by atoms with Crippen molar-refractivity contribution in [2.24, 2.45) is 5.92 Å². The Labute approximate surface area is 156 Å². The fraction of sp³-hybridized carbons (Fsp3) is 0.500. The molecule has 3 rings (SSSR count). The van der Waals surface area contributed by atoms with Crippen molar-refractivity contribution in [1.82, 2.24) is 15.4 Å². The summed E-state index contributed by atoms with van der Waals surface area (Å²) in [5.41, 5.74) is 14.6. The van der Waals surface area contributed by atoms with Crippen LogP contribution in [0.5, 0.6) is 0 Å². The fourth-order valence-corrected chi connectivity index (χ4v) is 3.28. The Morgan fingerprint density at radius 2 is 1.81 bits per heavy atom. The Morgan fingerprint density at radius 1 is 1.12 bits per heavy atom. The highest BCUT2D eigenvalue weighted by Gasteiger charge is 2.23. The molecule has 1 aliphatic heterocycles. The van der Waals surface area contributed by atoms with Crippen LogP contribution in [0, 0.1) is 5.92 Å². The summed E-state index contributed by atoms with van der Waals surface area (Å²) < 4.78 is 0. The van der Waals surface area contributed by atoms with Gasteiger partial charge in [-0.3, -0.25) is 0 Å². The third kappa shape index (κ3) is 4.85. The molecular weight excluding hydrogens is 324 g/mol. The number of hydrogen-bond donors (Lipinski definition) is 3. The van der Waals surface area contributed by atoms with Gasteiger partial charge in [0, 0.05) is 18.6 Å². The van der Waals surface area contributed by atoms with Gasteiger partial charge in [-0.2, -0.15) is 0 Å². The van der Waals surface area contributed by atoms with E-state index in [-0.39, 0.29) is 5.54 Å². The van der Waals surface area contributed by atoms with Crippen molar-refractivity contribution in [3.05, 3.63) is 42.2 Å². The van der Waals surface area contributed by atoms with Crippen LogP contribution in [0.4, 0.5) is 17.3 Å². The average Bonchev–Trinajstić information content (AvgIpc) is 2.62. The summed E-state index contributed by atoms with van der Waals surface area (Å²) in [5, 5.41) is 0. The van der Waals surface area contributed by atoms with Crippen LogP contribution in [-0.2, 0) is 6.42 Å². The smallest absolute Gasteiger partial charge is 0.169 e. The van der Waals surface area contributed by atoms with Gasteiger partial charge in [0.15, 0.2) is 11.6 Å². The van der Waals surface area contributed by atoms with Crippen molar-refractivity contribution in [2.75, 3.05) is 29.1 Å². The molecule has 1 aromatic carbocycles. The van der Waals surface area contributed by atoms with Gasteiger partial charge in [-0.25, -0.2) is 15.4 Å². The van der Waals surface area contributed by atoms with E-state index in [1.807, 2.05) is 0 Å². The zero-order chi connectivity index (χ0) is 18.6. The molecular formula is C20H30N6. The Hall–Kier alpha value is -2.34. The van der Waals surface area contributed by atoms with E-state index in [9.17, 15) is 0 Å². The molecule has 0 bridgehead atoms. The molecule has 0 unspecified atom stereocenters. The largest absolute Gasteiger partial charge is 0.393 e. The summed E-state index contributed by atoms with van der Waals surface area (Å²) in [6.07, 6.45) is 5.04. The molecule has 2 aromatic rings. The SMILES string of the molecule is CC(C)(C)NNc1ncnc(N2CCC(Cc3ccccc3)CC2)c1N. The molecule has 0 saturated carbocycles. The van der Waals surface area contributed by atoms with Gasteiger partial charge in [-0.05, 0) is 51.5 Å². The Bertz CT molecular complexity index is 702. The first-order valence-corrected chi connectivity index (χ1v) is 9.35. The molecule has 26 heavy (non-hydrogen) atoms. The number of nitrogens with two attached hydrogens (primary N) is 1. The number of anilines is 3. The molecule has 2 heterocycles. The molecule has 6 heteroatoms. The van der Waals surface area contributed by atoms with Gasteiger partial charge < -0.3 is 16.1 Å². The standard InChI is InChI=1S/C20H30N6/c1-20(2,3)25-24-18-17(21)19(23-14-22-18)26-11-9-16(10-12-26)13-15-7-5-4-6-8-15/h4-8,14,16,25H,9-13,21H2,1-3H3,(H,22,23,24). The second-order valence-corrected chi connectivity index (χ2v) is 8.08. The van der Waals surface area contributed by atoms with Crippen LogP contribution >= 0.6 is 0 Å². The zero-order valence-electron chi connectivity index (χ0n) is 16.0. The van der Waals surface area contributed by atoms with Gasteiger partial charge in [0.1, 0.15) is 12.0 Å². The lowest BCUT2D eigenvalue weighted by Gasteiger charge is -2.33. The van der Waals surface area contributed by atoms with Crippen molar-refractivity contribution in [2.45, 2.75) is 45.6 Å². The van der Waals surface area contributed by atoms with Crippen molar-refractivity contribution < 1.29 is 0 Å². The molecule has 4 N–H and O–H groups in total. The van der Waals surface area contributed by atoms with Gasteiger partial charge in [0.2, 0.25) is 0 Å². The minimum Gasteiger partial charge on any atom is -0.393 e. The van der Waals surface area contributed by atoms with E-state index in [1.165, 1.54) is 5.56 Å². The highest BCUT2D eigenvalue weighted by atomic mass is 15.4. The number of benzene rings is 1. The number of nitrogen functional groups attached to an aromatic ring is 1. The van der Waals surface area contributed by atoms with E-state index >= 15 is 0 Å². The number of nitrogens with one attached hydrogen (secondary N) is 2. The van der Waals surface area contributed by atoms with Crippen molar-refractivity contribution in [3.8, 4) is 0 Å². The summed E-state index contributed by atoms with van der Waals surface area (Å²) in [6.45, 7) is 8.19. The first-order chi connectivity index (χ1) is 12.4. The highest BCUT2D eigenvalue weighted by Crippen LogP contribution is 2.30. The van der Waals surface area contributed by atoms with Crippen LogP contribution in [0.2, 0.25) is 0 Å². The van der Waals surface area contributed by atoms with Gasteiger partial charge >= 0.3 is 0 Å². The van der Waals surface area contributed by atoms with E-state index in [2.05, 4.69) is 76.8 Å². The van der Waals surface area contributed by atoms with Gasteiger partial charge in [-0.1, -0.05) is 30.3 Å². The number of hydrogen-bond acceptors (Lipinski definition) is 6. The van der Waals surface area contributed by atoms with E-state index < -0.39 is 0 Å². The van der Waals surface area contributed by atoms with Gasteiger partial charge in [0.25, 0.3) is 0 Å². The molecule has 0 aliphatic carbocycles. The van der Waals surface area contributed by atoms with E-state index in [0.717, 1.165) is 44.1 Å². The first-order valence-electron chi connectivity index (χ1n) is 9.35. The number of aromatic nitrogens is 2. The molecule has 0 spiro atoms. The Balaban J connectivity index is 1.60. The number of hydrazine groups is 1. The predicted octanol–water partition coefficient (Wildman–Crippen LogP) is 3.23. The van der Waals surface area contributed by atoms with Crippen LogP contribution < -0.4 is 21.5 Å². The van der Waals surface area contributed by atoms with Crippen molar-refractivity contribution >= 4 is 17.3 Å². The maximum absolute atomic E-state index is 6.33. The molecule has 1 aliphatic rings. The minimum atomic E-state index is -0.0761. The molecule has 0 amide bonds.